The number of hydrogen-bond donors (Lipinski definition) is 1. The van der Waals surface area contributed by atoms with E-state index < -0.39 is 0 Å². The third-order valence-electron chi connectivity index (χ3n) is 8.35. The molecule has 3 heteroatoms. The molecule has 0 aromatic carbocycles. The first-order valence-electron chi connectivity index (χ1n) is 9.68. The van der Waals surface area contributed by atoms with E-state index in [2.05, 4.69) is 19.9 Å². The maximum Gasteiger partial charge on any atom is 0.137 e. The molecule has 0 unspecified atom stereocenters. The third-order valence-corrected chi connectivity index (χ3v) is 8.35. The molecule has 24 heavy (non-hydrogen) atoms. The van der Waals surface area contributed by atoms with Crippen LogP contribution in [-0.4, -0.2) is 22.8 Å². The standard InChI is InChI=1S/C21H30O3/c1-12(22)16-6-7-17-15-5-4-13-10-14(23)8-9-20(13,2)19(15)18(24)11-21(16,17)3/h8-9,13-17,19,23H,4-7,10-11H2,1-3H3/t13-,14+,15-,16+,17-,19+,20-,21+/m0/s1. The van der Waals surface area contributed by atoms with Crippen molar-refractivity contribution < 1.29 is 14.7 Å². The quantitative estimate of drug-likeness (QED) is 0.748. The van der Waals surface area contributed by atoms with Gasteiger partial charge in [0.25, 0.3) is 0 Å². The normalized spacial score (nSPS) is 53.2. The minimum absolute atomic E-state index is 0.0710. The van der Waals surface area contributed by atoms with Crippen LogP contribution in [0, 0.1) is 40.4 Å². The number of aliphatic hydroxyl groups is 1. The fourth-order valence-corrected chi connectivity index (χ4v) is 7.28. The summed E-state index contributed by atoms with van der Waals surface area (Å²) >= 11 is 0. The highest BCUT2D eigenvalue weighted by molar-refractivity contribution is 5.87. The molecule has 3 saturated carbocycles. The molecule has 0 spiro atoms. The Balaban J connectivity index is 1.72. The summed E-state index contributed by atoms with van der Waals surface area (Å²) in [7, 11) is 0. The van der Waals surface area contributed by atoms with Crippen LogP contribution in [0.3, 0.4) is 0 Å². The van der Waals surface area contributed by atoms with Crippen LogP contribution in [0.5, 0.6) is 0 Å². The molecule has 3 nitrogen and oxygen atoms in total. The molecular formula is C21H30O3. The molecule has 0 amide bonds. The third kappa shape index (κ3) is 2.06. The fourth-order valence-electron chi connectivity index (χ4n) is 7.28. The van der Waals surface area contributed by atoms with Crippen molar-refractivity contribution in [2.75, 3.05) is 0 Å². The molecule has 132 valence electrons. The summed E-state index contributed by atoms with van der Waals surface area (Å²) in [6.45, 7) is 6.16. The summed E-state index contributed by atoms with van der Waals surface area (Å²) in [4.78, 5) is 25.4. The molecule has 8 atom stereocenters. The van der Waals surface area contributed by atoms with Gasteiger partial charge in [-0.15, -0.1) is 0 Å². The van der Waals surface area contributed by atoms with Gasteiger partial charge < -0.3 is 5.11 Å². The van der Waals surface area contributed by atoms with Gasteiger partial charge >= 0.3 is 0 Å². The van der Waals surface area contributed by atoms with E-state index in [1.807, 2.05) is 6.08 Å². The number of Topliss-reactive ketones (excluding diaryl/α,β-unsaturated/α-hetero) is 2. The SMILES string of the molecule is CC(=O)[C@H]1CC[C@H]2[C@@H]3CC[C@H]4C[C@H](O)C=C[C@]4(C)[C@H]3C(=O)C[C@]12C. The number of carbonyl (C=O) groups excluding carboxylic acids is 2. The van der Waals surface area contributed by atoms with E-state index in [4.69, 9.17) is 0 Å². The second-order valence-corrected chi connectivity index (χ2v) is 9.44. The van der Waals surface area contributed by atoms with Gasteiger partial charge in [0.2, 0.25) is 0 Å². The highest BCUT2D eigenvalue weighted by Gasteiger charge is 2.63. The fraction of sp³-hybridized carbons (Fsp3) is 0.810. The molecule has 4 aliphatic carbocycles. The van der Waals surface area contributed by atoms with Crippen LogP contribution in [0.25, 0.3) is 0 Å². The van der Waals surface area contributed by atoms with Gasteiger partial charge in [-0.1, -0.05) is 26.0 Å². The molecule has 0 aromatic rings. The van der Waals surface area contributed by atoms with Crippen LogP contribution >= 0.6 is 0 Å². The Morgan fingerprint density at radius 2 is 1.96 bits per heavy atom. The Kier molecular flexibility index (Phi) is 3.62. The number of carbonyl (C=O) groups is 2. The van der Waals surface area contributed by atoms with Crippen molar-refractivity contribution in [1.29, 1.82) is 0 Å². The summed E-state index contributed by atoms with van der Waals surface area (Å²) in [6, 6.07) is 0. The Labute approximate surface area is 144 Å². The first kappa shape index (κ1) is 16.5. The number of fused-ring (bicyclic) bond motifs is 5. The largest absolute Gasteiger partial charge is 0.389 e. The van der Waals surface area contributed by atoms with Crippen molar-refractivity contribution in [3.63, 3.8) is 0 Å². The van der Waals surface area contributed by atoms with E-state index in [9.17, 15) is 14.7 Å². The summed E-state index contributed by atoms with van der Waals surface area (Å²) < 4.78 is 0. The molecule has 4 aliphatic rings. The van der Waals surface area contributed by atoms with Gasteiger partial charge in [0.1, 0.15) is 11.6 Å². The molecule has 3 fully saturated rings. The summed E-state index contributed by atoms with van der Waals surface area (Å²) in [5.41, 5.74) is -0.222. The lowest BCUT2D eigenvalue weighted by Gasteiger charge is -2.58. The van der Waals surface area contributed by atoms with E-state index in [1.165, 1.54) is 0 Å². The van der Waals surface area contributed by atoms with Crippen molar-refractivity contribution in [1.82, 2.24) is 0 Å². The van der Waals surface area contributed by atoms with E-state index in [0.29, 0.717) is 30.0 Å². The van der Waals surface area contributed by atoms with Crippen LogP contribution in [0.4, 0.5) is 0 Å². The second-order valence-electron chi connectivity index (χ2n) is 9.44. The smallest absolute Gasteiger partial charge is 0.137 e. The maximum atomic E-state index is 13.3. The topological polar surface area (TPSA) is 54.4 Å². The average molecular weight is 330 g/mol. The predicted octanol–water partition coefficient (Wildman–Crippen LogP) is 3.55. The lowest BCUT2D eigenvalue weighted by atomic mass is 9.45. The van der Waals surface area contributed by atoms with E-state index in [-0.39, 0.29) is 34.6 Å². The van der Waals surface area contributed by atoms with Crippen LogP contribution in [0.1, 0.15) is 59.3 Å². The number of ketones is 2. The van der Waals surface area contributed by atoms with Crippen LogP contribution < -0.4 is 0 Å². The van der Waals surface area contributed by atoms with Crippen LogP contribution in [-0.2, 0) is 9.59 Å². The summed E-state index contributed by atoms with van der Waals surface area (Å²) in [5.74, 6) is 2.14. The average Bonchev–Trinajstić information content (AvgIpc) is 2.84. The molecule has 0 aliphatic heterocycles. The minimum atomic E-state index is -0.350. The van der Waals surface area contributed by atoms with Crippen LogP contribution in [0.15, 0.2) is 12.2 Å². The number of allylic oxidation sites excluding steroid dienone is 1. The van der Waals surface area contributed by atoms with Gasteiger partial charge in [0.05, 0.1) is 6.10 Å². The zero-order chi connectivity index (χ0) is 17.3. The van der Waals surface area contributed by atoms with Gasteiger partial charge in [0.15, 0.2) is 0 Å². The van der Waals surface area contributed by atoms with Gasteiger partial charge in [0, 0.05) is 18.3 Å². The zero-order valence-electron chi connectivity index (χ0n) is 15.1. The Hall–Kier alpha value is -0.960. The lowest BCUT2D eigenvalue weighted by Crippen LogP contribution is -2.56. The molecule has 0 radical (unpaired) electrons. The van der Waals surface area contributed by atoms with Gasteiger partial charge in [-0.25, -0.2) is 0 Å². The molecule has 1 N–H and O–H groups in total. The minimum Gasteiger partial charge on any atom is -0.389 e. The van der Waals surface area contributed by atoms with Gasteiger partial charge in [-0.05, 0) is 67.6 Å². The Morgan fingerprint density at radius 1 is 1.21 bits per heavy atom. The van der Waals surface area contributed by atoms with Crippen molar-refractivity contribution in [2.45, 2.75) is 65.4 Å². The monoisotopic (exact) mass is 330 g/mol. The van der Waals surface area contributed by atoms with Crippen LogP contribution in [0.2, 0.25) is 0 Å². The lowest BCUT2D eigenvalue weighted by molar-refractivity contribution is -0.152. The van der Waals surface area contributed by atoms with Crippen molar-refractivity contribution in [3.05, 3.63) is 12.2 Å². The summed E-state index contributed by atoms with van der Waals surface area (Å²) in [5, 5.41) is 10.0. The second kappa shape index (κ2) is 5.27. The zero-order valence-corrected chi connectivity index (χ0v) is 15.1. The predicted molar refractivity (Wildman–Crippen MR) is 92.2 cm³/mol. The summed E-state index contributed by atoms with van der Waals surface area (Å²) in [6.07, 6.45) is 9.32. The molecule has 4 rings (SSSR count). The van der Waals surface area contributed by atoms with Gasteiger partial charge in [-0.3, -0.25) is 9.59 Å². The maximum absolute atomic E-state index is 13.3. The van der Waals surface area contributed by atoms with E-state index >= 15 is 0 Å². The highest BCUT2D eigenvalue weighted by atomic mass is 16.3. The van der Waals surface area contributed by atoms with E-state index in [0.717, 1.165) is 32.1 Å². The van der Waals surface area contributed by atoms with Gasteiger partial charge in [-0.2, -0.15) is 0 Å². The molecule has 0 heterocycles. The molecule has 0 saturated heterocycles. The first-order chi connectivity index (χ1) is 11.3. The molecule has 0 aromatic heterocycles. The Morgan fingerprint density at radius 3 is 2.67 bits per heavy atom. The molecule has 0 bridgehead atoms. The number of hydrogen-bond acceptors (Lipinski definition) is 3. The Bertz CT molecular complexity index is 608. The highest BCUT2D eigenvalue weighted by Crippen LogP contribution is 2.65. The van der Waals surface area contributed by atoms with Crippen molar-refractivity contribution in [2.24, 2.45) is 40.4 Å². The van der Waals surface area contributed by atoms with Crippen molar-refractivity contribution in [3.8, 4) is 0 Å². The number of rotatable bonds is 1. The van der Waals surface area contributed by atoms with E-state index in [1.54, 1.807) is 6.92 Å². The number of aliphatic hydroxyl groups excluding tert-OH is 1. The molecular weight excluding hydrogens is 300 g/mol. The first-order valence-corrected chi connectivity index (χ1v) is 9.68. The van der Waals surface area contributed by atoms with Crippen molar-refractivity contribution >= 4 is 11.6 Å².